The summed E-state index contributed by atoms with van der Waals surface area (Å²) < 4.78 is 11.6. The fraction of sp³-hybridized carbons (Fsp3) is 0.571. The number of rotatable bonds is 7. The quantitative estimate of drug-likeness (QED) is 0.666. The van der Waals surface area contributed by atoms with Gasteiger partial charge in [-0.1, -0.05) is 19.4 Å². The van der Waals surface area contributed by atoms with Crippen molar-refractivity contribution < 1.29 is 9.47 Å². The van der Waals surface area contributed by atoms with Crippen molar-refractivity contribution in [3.63, 3.8) is 0 Å². The van der Waals surface area contributed by atoms with Crippen molar-refractivity contribution >= 4 is 27.5 Å². The molecule has 18 heavy (non-hydrogen) atoms. The molecular weight excluding hydrogens is 316 g/mol. The van der Waals surface area contributed by atoms with E-state index in [0.717, 1.165) is 47.2 Å². The maximum absolute atomic E-state index is 6.25. The van der Waals surface area contributed by atoms with Gasteiger partial charge in [0.2, 0.25) is 0 Å². The van der Waals surface area contributed by atoms with Crippen LogP contribution in [0.15, 0.2) is 16.6 Å². The molecule has 0 N–H and O–H groups in total. The molecule has 0 aliphatic heterocycles. The van der Waals surface area contributed by atoms with Gasteiger partial charge in [-0.25, -0.2) is 0 Å². The molecule has 0 spiro atoms. The Morgan fingerprint density at radius 2 is 1.94 bits per heavy atom. The summed E-state index contributed by atoms with van der Waals surface area (Å²) in [5.74, 6) is 1.63. The smallest absolute Gasteiger partial charge is 0.139 e. The summed E-state index contributed by atoms with van der Waals surface area (Å²) in [7, 11) is 3.32. The summed E-state index contributed by atoms with van der Waals surface area (Å²) >= 11 is 9.75. The number of alkyl halides is 1. The number of halogens is 2. The lowest BCUT2D eigenvalue weighted by atomic mass is 10.0. The van der Waals surface area contributed by atoms with Crippen LogP contribution in [0.2, 0.25) is 0 Å². The second-order valence-electron chi connectivity index (χ2n) is 4.20. The Morgan fingerprint density at radius 1 is 1.22 bits per heavy atom. The number of aryl methyl sites for hydroxylation is 1. The van der Waals surface area contributed by atoms with Crippen molar-refractivity contribution in [2.75, 3.05) is 14.2 Å². The van der Waals surface area contributed by atoms with E-state index in [0.29, 0.717) is 0 Å². The standard InChI is InChI=1S/C14H20BrClO2/c1-4-5-11(16)8-6-10-7-9-12(17-2)13(15)14(10)18-3/h7,9,11H,4-6,8H2,1-3H3. The first kappa shape index (κ1) is 15.6. The van der Waals surface area contributed by atoms with E-state index < -0.39 is 0 Å². The van der Waals surface area contributed by atoms with Gasteiger partial charge >= 0.3 is 0 Å². The summed E-state index contributed by atoms with van der Waals surface area (Å²) in [4.78, 5) is 0. The predicted molar refractivity (Wildman–Crippen MR) is 80.1 cm³/mol. The maximum Gasteiger partial charge on any atom is 0.139 e. The zero-order valence-electron chi connectivity index (χ0n) is 11.1. The highest BCUT2D eigenvalue weighted by Crippen LogP contribution is 2.37. The van der Waals surface area contributed by atoms with Crippen molar-refractivity contribution in [3.8, 4) is 11.5 Å². The number of ether oxygens (including phenoxy) is 2. The van der Waals surface area contributed by atoms with Gasteiger partial charge in [-0.15, -0.1) is 11.6 Å². The van der Waals surface area contributed by atoms with Crippen LogP contribution in [0.3, 0.4) is 0 Å². The molecule has 0 fully saturated rings. The summed E-state index contributed by atoms with van der Waals surface area (Å²) in [5.41, 5.74) is 1.16. The van der Waals surface area contributed by atoms with Crippen LogP contribution in [0.1, 0.15) is 31.7 Å². The monoisotopic (exact) mass is 334 g/mol. The highest BCUT2D eigenvalue weighted by molar-refractivity contribution is 9.10. The van der Waals surface area contributed by atoms with Gasteiger partial charge in [0.15, 0.2) is 0 Å². The van der Waals surface area contributed by atoms with Gasteiger partial charge < -0.3 is 9.47 Å². The average Bonchev–Trinajstić information content (AvgIpc) is 2.36. The third kappa shape index (κ3) is 4.06. The Morgan fingerprint density at radius 3 is 2.50 bits per heavy atom. The third-order valence-electron chi connectivity index (χ3n) is 2.90. The van der Waals surface area contributed by atoms with E-state index in [1.807, 2.05) is 12.1 Å². The summed E-state index contributed by atoms with van der Waals surface area (Å²) in [5, 5.41) is 0.237. The lowest BCUT2D eigenvalue weighted by Crippen LogP contribution is -2.02. The van der Waals surface area contributed by atoms with Crippen molar-refractivity contribution in [3.05, 3.63) is 22.2 Å². The lowest BCUT2D eigenvalue weighted by molar-refractivity contribution is 0.385. The third-order valence-corrected chi connectivity index (χ3v) is 4.08. The molecule has 2 nitrogen and oxygen atoms in total. The molecule has 0 aromatic heterocycles. The van der Waals surface area contributed by atoms with Crippen LogP contribution in [0.25, 0.3) is 0 Å². The number of hydrogen-bond donors (Lipinski definition) is 0. The topological polar surface area (TPSA) is 18.5 Å². The van der Waals surface area contributed by atoms with E-state index in [9.17, 15) is 0 Å². The molecule has 0 saturated carbocycles. The van der Waals surface area contributed by atoms with E-state index in [2.05, 4.69) is 22.9 Å². The van der Waals surface area contributed by atoms with Gasteiger partial charge in [-0.05, 0) is 46.8 Å². The number of hydrogen-bond acceptors (Lipinski definition) is 2. The Hall–Kier alpha value is -0.410. The first-order valence-electron chi connectivity index (χ1n) is 6.17. The number of methoxy groups -OCH3 is 2. The summed E-state index contributed by atoms with van der Waals surface area (Å²) in [6, 6.07) is 3.99. The van der Waals surface area contributed by atoms with Gasteiger partial charge in [-0.2, -0.15) is 0 Å². The SMILES string of the molecule is CCCC(Cl)CCc1ccc(OC)c(Br)c1OC. The molecule has 1 aromatic carbocycles. The van der Waals surface area contributed by atoms with E-state index in [1.165, 1.54) is 0 Å². The zero-order chi connectivity index (χ0) is 13.5. The first-order chi connectivity index (χ1) is 8.63. The molecule has 1 rings (SSSR count). The molecule has 0 saturated heterocycles. The fourth-order valence-corrected chi connectivity index (χ4v) is 2.96. The van der Waals surface area contributed by atoms with Crippen LogP contribution in [0.4, 0.5) is 0 Å². The predicted octanol–water partition coefficient (Wildman–Crippen LogP) is 4.81. The molecule has 0 heterocycles. The molecule has 1 unspecified atom stereocenters. The van der Waals surface area contributed by atoms with Crippen molar-refractivity contribution in [1.29, 1.82) is 0 Å². The second kappa shape index (κ2) is 7.90. The Kier molecular flexibility index (Phi) is 6.87. The van der Waals surface area contributed by atoms with E-state index in [-0.39, 0.29) is 5.38 Å². The van der Waals surface area contributed by atoms with E-state index in [1.54, 1.807) is 14.2 Å². The molecule has 0 amide bonds. The minimum atomic E-state index is 0.237. The van der Waals surface area contributed by atoms with Gasteiger partial charge in [-0.3, -0.25) is 0 Å². The summed E-state index contributed by atoms with van der Waals surface area (Å²) in [6.07, 6.45) is 4.06. The van der Waals surface area contributed by atoms with Crippen molar-refractivity contribution in [1.82, 2.24) is 0 Å². The molecule has 0 bridgehead atoms. The van der Waals surface area contributed by atoms with Gasteiger partial charge in [0.1, 0.15) is 16.0 Å². The minimum absolute atomic E-state index is 0.237. The zero-order valence-corrected chi connectivity index (χ0v) is 13.5. The minimum Gasteiger partial charge on any atom is -0.495 e. The largest absolute Gasteiger partial charge is 0.495 e. The number of benzene rings is 1. The van der Waals surface area contributed by atoms with Gasteiger partial charge in [0.05, 0.1) is 14.2 Å². The van der Waals surface area contributed by atoms with E-state index in [4.69, 9.17) is 21.1 Å². The molecule has 0 radical (unpaired) electrons. The molecule has 0 aliphatic rings. The maximum atomic E-state index is 6.25. The lowest BCUT2D eigenvalue weighted by Gasteiger charge is -2.14. The highest BCUT2D eigenvalue weighted by Gasteiger charge is 2.13. The van der Waals surface area contributed by atoms with Gasteiger partial charge in [0.25, 0.3) is 0 Å². The Bertz CT molecular complexity index is 382. The summed E-state index contributed by atoms with van der Waals surface area (Å²) in [6.45, 7) is 2.15. The molecular formula is C14H20BrClO2. The van der Waals surface area contributed by atoms with Gasteiger partial charge in [0, 0.05) is 5.38 Å². The van der Waals surface area contributed by atoms with Crippen LogP contribution in [0.5, 0.6) is 11.5 Å². The second-order valence-corrected chi connectivity index (χ2v) is 5.61. The van der Waals surface area contributed by atoms with Crippen LogP contribution >= 0.6 is 27.5 Å². The molecule has 1 aromatic rings. The highest BCUT2D eigenvalue weighted by atomic mass is 79.9. The van der Waals surface area contributed by atoms with E-state index >= 15 is 0 Å². The van der Waals surface area contributed by atoms with Crippen LogP contribution < -0.4 is 9.47 Å². The van der Waals surface area contributed by atoms with Crippen LogP contribution in [-0.2, 0) is 6.42 Å². The molecule has 102 valence electrons. The first-order valence-corrected chi connectivity index (χ1v) is 7.40. The van der Waals surface area contributed by atoms with Crippen molar-refractivity contribution in [2.24, 2.45) is 0 Å². The Balaban J connectivity index is 2.79. The van der Waals surface area contributed by atoms with Crippen LogP contribution in [0, 0.1) is 0 Å². The normalized spacial score (nSPS) is 12.3. The fourth-order valence-electron chi connectivity index (χ4n) is 1.92. The Labute approximate surface area is 123 Å². The average molecular weight is 336 g/mol. The molecule has 4 heteroatoms. The van der Waals surface area contributed by atoms with Crippen LogP contribution in [-0.4, -0.2) is 19.6 Å². The van der Waals surface area contributed by atoms with Crippen molar-refractivity contribution in [2.45, 2.75) is 38.0 Å². The molecule has 1 atom stereocenters. The molecule has 0 aliphatic carbocycles.